The van der Waals surface area contributed by atoms with Gasteiger partial charge >= 0.3 is 0 Å². The van der Waals surface area contributed by atoms with Crippen molar-refractivity contribution in [1.82, 2.24) is 4.57 Å². The molecule has 1 aromatic heterocycles. The molecule has 1 aliphatic rings. The van der Waals surface area contributed by atoms with Gasteiger partial charge in [0.05, 0.1) is 52.0 Å². The van der Waals surface area contributed by atoms with Gasteiger partial charge in [0.2, 0.25) is 5.69 Å². The van der Waals surface area contributed by atoms with Gasteiger partial charge < -0.3 is 9.47 Å². The molecule has 2 heterocycles. The number of aromatic nitrogens is 1. The Labute approximate surface area is 227 Å². The van der Waals surface area contributed by atoms with Crippen molar-refractivity contribution < 1.29 is 0 Å². The quantitative estimate of drug-likeness (QED) is 0.222. The number of benzene rings is 5. The van der Waals surface area contributed by atoms with E-state index < -0.39 is 0 Å². The van der Waals surface area contributed by atoms with Crippen LogP contribution in [0.2, 0.25) is 0 Å². The topological polar surface area (TPSA) is 36.3 Å². The number of nitriles is 1. The summed E-state index contributed by atoms with van der Waals surface area (Å²) in [5.74, 6) is 0. The predicted molar refractivity (Wildman–Crippen MR) is 159 cm³/mol. The third-order valence-electron chi connectivity index (χ3n) is 8.03. The minimum absolute atomic E-state index is 0.206. The molecule has 184 valence electrons. The third kappa shape index (κ3) is 3.16. The van der Waals surface area contributed by atoms with E-state index in [9.17, 15) is 5.26 Å². The summed E-state index contributed by atoms with van der Waals surface area (Å²) < 4.78 is 2.16. The Balaban J connectivity index is 1.59. The van der Waals surface area contributed by atoms with Crippen molar-refractivity contribution in [3.8, 4) is 11.8 Å². The van der Waals surface area contributed by atoms with E-state index in [-0.39, 0.29) is 5.41 Å². The Kier molecular flexibility index (Phi) is 4.89. The molecule has 1 aliphatic heterocycles. The van der Waals surface area contributed by atoms with E-state index in [0.29, 0.717) is 11.3 Å². The second-order valence-electron chi connectivity index (χ2n) is 10.4. The summed E-state index contributed by atoms with van der Waals surface area (Å²) >= 11 is 0. The maximum absolute atomic E-state index is 10.3. The summed E-state index contributed by atoms with van der Waals surface area (Å²) in [7, 11) is 0. The van der Waals surface area contributed by atoms with Crippen LogP contribution in [0.3, 0.4) is 0 Å². The molecule has 0 amide bonds. The lowest BCUT2D eigenvalue weighted by Crippen LogP contribution is -2.30. The minimum Gasteiger partial charge on any atom is -0.319 e. The lowest BCUT2D eigenvalue weighted by Gasteiger charge is -2.42. The number of anilines is 3. The van der Waals surface area contributed by atoms with Crippen molar-refractivity contribution in [2.75, 3.05) is 4.90 Å². The van der Waals surface area contributed by atoms with Crippen LogP contribution >= 0.6 is 0 Å². The normalized spacial score (nSPS) is 13.5. The highest BCUT2D eigenvalue weighted by atomic mass is 15.2. The molecule has 39 heavy (non-hydrogen) atoms. The summed E-state index contributed by atoms with van der Waals surface area (Å²) in [5.41, 5.74) is 8.76. The zero-order valence-corrected chi connectivity index (χ0v) is 21.7. The Morgan fingerprint density at radius 1 is 0.667 bits per heavy atom. The fraction of sp³-hybridized carbons (Fsp3) is 0.0857. The van der Waals surface area contributed by atoms with E-state index in [1.54, 1.807) is 6.07 Å². The Morgan fingerprint density at radius 2 is 1.18 bits per heavy atom. The molecule has 5 aromatic carbocycles. The number of nitrogens with zero attached hydrogens (tertiary/aromatic N) is 4. The van der Waals surface area contributed by atoms with Crippen molar-refractivity contribution in [2.45, 2.75) is 19.3 Å². The number of hydrogen-bond acceptors (Lipinski definition) is 2. The Hall–Kier alpha value is -5.32. The molecule has 0 bridgehead atoms. The molecule has 7 rings (SSSR count). The van der Waals surface area contributed by atoms with Gasteiger partial charge in [0.1, 0.15) is 0 Å². The molecule has 0 saturated heterocycles. The van der Waals surface area contributed by atoms with E-state index in [4.69, 9.17) is 6.57 Å². The van der Waals surface area contributed by atoms with Crippen LogP contribution < -0.4 is 4.90 Å². The molecular formula is C35H24N4. The van der Waals surface area contributed by atoms with E-state index in [0.717, 1.165) is 44.6 Å². The van der Waals surface area contributed by atoms with E-state index >= 15 is 0 Å². The fourth-order valence-electron chi connectivity index (χ4n) is 6.22. The molecule has 4 nitrogen and oxygen atoms in total. The first kappa shape index (κ1) is 22.8. The highest BCUT2D eigenvalue weighted by Crippen LogP contribution is 2.53. The zero-order chi connectivity index (χ0) is 26.7. The van der Waals surface area contributed by atoms with Crippen molar-refractivity contribution in [2.24, 2.45) is 0 Å². The van der Waals surface area contributed by atoms with Gasteiger partial charge in [0.25, 0.3) is 0 Å². The van der Waals surface area contributed by atoms with Crippen molar-refractivity contribution >= 4 is 44.6 Å². The van der Waals surface area contributed by atoms with Crippen LogP contribution in [-0.4, -0.2) is 4.57 Å². The van der Waals surface area contributed by atoms with Crippen LogP contribution in [0.15, 0.2) is 109 Å². The molecule has 0 atom stereocenters. The van der Waals surface area contributed by atoms with E-state index in [2.05, 4.69) is 94.9 Å². The number of hydrogen-bond donors (Lipinski definition) is 0. The molecular weight excluding hydrogens is 476 g/mol. The third-order valence-corrected chi connectivity index (χ3v) is 8.03. The summed E-state index contributed by atoms with van der Waals surface area (Å²) in [5, 5.41) is 12.6. The van der Waals surface area contributed by atoms with Gasteiger partial charge in [0, 0.05) is 16.2 Å². The summed E-state index contributed by atoms with van der Waals surface area (Å²) in [6.07, 6.45) is 0. The second-order valence-corrected chi connectivity index (χ2v) is 10.4. The van der Waals surface area contributed by atoms with Crippen LogP contribution in [0.1, 0.15) is 30.5 Å². The van der Waals surface area contributed by atoms with Crippen LogP contribution in [0, 0.1) is 17.9 Å². The lowest BCUT2D eigenvalue weighted by atomic mass is 9.73. The zero-order valence-electron chi connectivity index (χ0n) is 21.7. The van der Waals surface area contributed by atoms with Crippen molar-refractivity contribution in [1.29, 1.82) is 5.26 Å². The number of rotatable bonds is 2. The first-order chi connectivity index (χ1) is 19.0. The highest BCUT2D eigenvalue weighted by molar-refractivity contribution is 6.10. The molecule has 0 fully saturated rings. The summed E-state index contributed by atoms with van der Waals surface area (Å²) in [4.78, 5) is 6.10. The Bertz CT molecular complexity index is 1930. The van der Waals surface area contributed by atoms with E-state index in [1.165, 1.54) is 11.1 Å². The average Bonchev–Trinajstić information content (AvgIpc) is 3.31. The molecule has 0 unspecified atom stereocenters. The van der Waals surface area contributed by atoms with Gasteiger partial charge in [-0.2, -0.15) is 5.26 Å². The fourth-order valence-corrected chi connectivity index (χ4v) is 6.22. The van der Waals surface area contributed by atoms with Gasteiger partial charge in [-0.15, -0.1) is 0 Å². The molecule has 4 heteroatoms. The molecule has 0 spiro atoms. The minimum atomic E-state index is -0.206. The summed E-state index contributed by atoms with van der Waals surface area (Å²) in [6.45, 7) is 12.6. The van der Waals surface area contributed by atoms with Gasteiger partial charge in [0.15, 0.2) is 0 Å². The maximum atomic E-state index is 10.3. The second kappa shape index (κ2) is 8.35. The van der Waals surface area contributed by atoms with Crippen LogP contribution in [0.5, 0.6) is 0 Å². The van der Waals surface area contributed by atoms with Crippen LogP contribution in [-0.2, 0) is 5.41 Å². The summed E-state index contributed by atoms with van der Waals surface area (Å²) in [6, 6.07) is 39.6. The SMILES string of the molecule is [C-]#[N+]c1cc(C#N)c(N2c3ccccc3C(C)(C)c3ccccc32)cc1-n1c2ccccc2c2ccccc21. The van der Waals surface area contributed by atoms with E-state index in [1.807, 2.05) is 42.5 Å². The monoisotopic (exact) mass is 500 g/mol. The smallest absolute Gasteiger partial charge is 0.212 e. The number of para-hydroxylation sites is 4. The molecule has 6 aromatic rings. The van der Waals surface area contributed by atoms with Crippen LogP contribution in [0.4, 0.5) is 22.7 Å². The largest absolute Gasteiger partial charge is 0.319 e. The molecule has 0 radical (unpaired) electrons. The van der Waals surface area contributed by atoms with Gasteiger partial charge in [-0.1, -0.05) is 86.6 Å². The van der Waals surface area contributed by atoms with Crippen molar-refractivity contribution in [3.63, 3.8) is 0 Å². The highest BCUT2D eigenvalue weighted by Gasteiger charge is 2.37. The number of fused-ring (bicyclic) bond motifs is 5. The maximum Gasteiger partial charge on any atom is 0.212 e. The average molecular weight is 501 g/mol. The first-order valence-corrected chi connectivity index (χ1v) is 13.0. The molecule has 0 N–H and O–H groups in total. The Morgan fingerprint density at radius 3 is 1.72 bits per heavy atom. The molecule has 0 saturated carbocycles. The lowest BCUT2D eigenvalue weighted by molar-refractivity contribution is 0.632. The van der Waals surface area contributed by atoms with Crippen molar-refractivity contribution in [3.05, 3.63) is 137 Å². The van der Waals surface area contributed by atoms with Crippen LogP contribution in [0.25, 0.3) is 32.3 Å². The predicted octanol–water partition coefficient (Wildman–Crippen LogP) is 9.32. The van der Waals surface area contributed by atoms with Gasteiger partial charge in [-0.05, 0) is 47.5 Å². The molecule has 0 aliphatic carbocycles. The van der Waals surface area contributed by atoms with Gasteiger partial charge in [-0.3, -0.25) is 0 Å². The first-order valence-electron chi connectivity index (χ1n) is 13.0. The van der Waals surface area contributed by atoms with Gasteiger partial charge in [-0.25, -0.2) is 4.85 Å². The standard InChI is InChI=1S/C35H24N4/c1-35(2)26-14-6-10-18-31(26)39(32-19-11-7-15-27(32)35)33-21-34(28(37-3)20-23(33)22-36)38-29-16-8-4-12-24(29)25-13-5-9-17-30(25)38/h4-21H,1-2H3.